The van der Waals surface area contributed by atoms with Crippen molar-refractivity contribution in [3.05, 3.63) is 51.2 Å². The minimum atomic E-state index is -0.891. The van der Waals surface area contributed by atoms with Gasteiger partial charge < -0.3 is 5.21 Å². The zero-order chi connectivity index (χ0) is 12.7. The predicted octanol–water partition coefficient (Wildman–Crippen LogP) is 1.05. The summed E-state index contributed by atoms with van der Waals surface area (Å²) in [7, 11) is 0. The Morgan fingerprint density at radius 2 is 1.94 bits per heavy atom. The number of aromatic amines is 1. The highest BCUT2D eigenvalue weighted by atomic mass is 32.1. The molecule has 3 aromatic rings. The zero-order valence-electron chi connectivity index (χ0n) is 8.95. The fourth-order valence-corrected chi connectivity index (χ4v) is 2.55. The minimum Gasteiger partial charge on any atom is -0.421 e. The summed E-state index contributed by atoms with van der Waals surface area (Å²) in [5.41, 5.74) is -0.603. The number of nitrogens with one attached hydrogen (secondary N) is 1. The lowest BCUT2D eigenvalue weighted by Gasteiger charge is -1.91. The summed E-state index contributed by atoms with van der Waals surface area (Å²) in [6.45, 7) is 0. The van der Waals surface area contributed by atoms with Crippen LogP contribution in [0.25, 0.3) is 20.9 Å². The van der Waals surface area contributed by atoms with Crippen molar-refractivity contribution in [2.75, 3.05) is 0 Å². The molecule has 2 N–H and O–H groups in total. The smallest absolute Gasteiger partial charge is 0.363 e. The number of aromatic nitrogens is 3. The van der Waals surface area contributed by atoms with Crippen LogP contribution in [0.15, 0.2) is 39.9 Å². The Hall–Kier alpha value is -2.41. The molecule has 0 saturated heterocycles. The lowest BCUT2D eigenvalue weighted by Crippen LogP contribution is -2.32. The van der Waals surface area contributed by atoms with E-state index in [-0.39, 0.29) is 15.1 Å². The van der Waals surface area contributed by atoms with Gasteiger partial charge in [0, 0.05) is 5.56 Å². The quantitative estimate of drug-likeness (QED) is 0.641. The molecule has 1 aromatic carbocycles. The molecule has 18 heavy (non-hydrogen) atoms. The highest BCUT2D eigenvalue weighted by molar-refractivity contribution is 7.21. The Morgan fingerprint density at radius 3 is 2.67 bits per heavy atom. The van der Waals surface area contributed by atoms with Crippen molar-refractivity contribution in [2.24, 2.45) is 0 Å². The normalized spacial score (nSPS) is 10.9. The van der Waals surface area contributed by atoms with Gasteiger partial charge in [0.25, 0.3) is 0 Å². The molecule has 6 nitrogen and oxygen atoms in total. The van der Waals surface area contributed by atoms with Gasteiger partial charge in [0.1, 0.15) is 9.71 Å². The van der Waals surface area contributed by atoms with E-state index in [0.29, 0.717) is 5.01 Å². The van der Waals surface area contributed by atoms with Crippen molar-refractivity contribution in [1.82, 2.24) is 14.7 Å². The van der Waals surface area contributed by atoms with Gasteiger partial charge in [-0.1, -0.05) is 35.1 Å². The van der Waals surface area contributed by atoms with Gasteiger partial charge in [-0.3, -0.25) is 9.78 Å². The Bertz CT molecular complexity index is 832. The van der Waals surface area contributed by atoms with E-state index >= 15 is 0 Å². The summed E-state index contributed by atoms with van der Waals surface area (Å²) < 4.78 is 0.269. The molecule has 0 aliphatic carbocycles. The molecule has 0 unspecified atom stereocenters. The van der Waals surface area contributed by atoms with Crippen LogP contribution >= 0.6 is 11.3 Å². The maximum absolute atomic E-state index is 11.7. The van der Waals surface area contributed by atoms with Gasteiger partial charge in [-0.15, -0.1) is 11.3 Å². The second-order valence-electron chi connectivity index (χ2n) is 3.61. The summed E-state index contributed by atoms with van der Waals surface area (Å²) in [6.07, 6.45) is 0. The Labute approximate surface area is 104 Å². The van der Waals surface area contributed by atoms with E-state index in [2.05, 4.69) is 9.97 Å². The fraction of sp³-hybridized carbons (Fsp3) is 0. The van der Waals surface area contributed by atoms with Crippen LogP contribution in [0, 0.1) is 0 Å². The zero-order valence-corrected chi connectivity index (χ0v) is 9.77. The van der Waals surface area contributed by atoms with Gasteiger partial charge in [-0.25, -0.2) is 9.78 Å². The second-order valence-corrected chi connectivity index (χ2v) is 4.61. The van der Waals surface area contributed by atoms with Crippen molar-refractivity contribution < 1.29 is 5.21 Å². The van der Waals surface area contributed by atoms with Crippen molar-refractivity contribution in [3.8, 4) is 10.6 Å². The molecule has 0 aliphatic rings. The molecule has 0 saturated carbocycles. The highest BCUT2D eigenvalue weighted by Crippen LogP contribution is 2.26. The molecule has 0 radical (unpaired) electrons. The van der Waals surface area contributed by atoms with Crippen LogP contribution < -0.4 is 11.2 Å². The van der Waals surface area contributed by atoms with E-state index in [1.54, 1.807) is 0 Å². The van der Waals surface area contributed by atoms with Crippen molar-refractivity contribution in [1.29, 1.82) is 0 Å². The van der Waals surface area contributed by atoms with E-state index in [1.165, 1.54) is 0 Å². The molecule has 0 aliphatic heterocycles. The van der Waals surface area contributed by atoms with Crippen LogP contribution in [0.4, 0.5) is 0 Å². The first-order valence-corrected chi connectivity index (χ1v) is 5.89. The molecule has 0 atom stereocenters. The SMILES string of the molecule is O=c1[nH]c2nc(-c3ccccc3)sc2c(=O)n1O. The number of rotatable bonds is 1. The van der Waals surface area contributed by atoms with Gasteiger partial charge in [-0.2, -0.15) is 0 Å². The van der Waals surface area contributed by atoms with Crippen LogP contribution in [-0.4, -0.2) is 19.9 Å². The minimum absolute atomic E-state index is 0.0509. The maximum Gasteiger partial charge on any atom is 0.363 e. The van der Waals surface area contributed by atoms with Crippen molar-refractivity contribution in [3.63, 3.8) is 0 Å². The Kier molecular flexibility index (Phi) is 2.27. The lowest BCUT2D eigenvalue weighted by molar-refractivity contribution is 0.162. The number of H-pyrrole nitrogens is 1. The van der Waals surface area contributed by atoms with Gasteiger partial charge in [0.2, 0.25) is 0 Å². The second kappa shape index (κ2) is 3.81. The van der Waals surface area contributed by atoms with E-state index in [4.69, 9.17) is 0 Å². The third kappa shape index (κ3) is 1.52. The molecule has 90 valence electrons. The van der Waals surface area contributed by atoms with Gasteiger partial charge in [-0.05, 0) is 0 Å². The van der Waals surface area contributed by atoms with Crippen LogP contribution in [-0.2, 0) is 0 Å². The Morgan fingerprint density at radius 1 is 1.22 bits per heavy atom. The van der Waals surface area contributed by atoms with Crippen LogP contribution in [0.3, 0.4) is 0 Å². The number of thiazole rings is 1. The summed E-state index contributed by atoms with van der Waals surface area (Å²) >= 11 is 1.13. The molecule has 0 amide bonds. The third-order valence-electron chi connectivity index (χ3n) is 2.45. The Balaban J connectivity index is 2.34. The third-order valence-corrected chi connectivity index (χ3v) is 3.54. The molecule has 3 rings (SSSR count). The number of nitrogens with zero attached hydrogens (tertiary/aromatic N) is 2. The molecule has 0 spiro atoms. The summed E-state index contributed by atoms with van der Waals surface area (Å²) in [4.78, 5) is 29.4. The van der Waals surface area contributed by atoms with E-state index < -0.39 is 11.2 Å². The van der Waals surface area contributed by atoms with Crippen LogP contribution in [0.1, 0.15) is 0 Å². The van der Waals surface area contributed by atoms with Crippen LogP contribution in [0.5, 0.6) is 0 Å². The topological polar surface area (TPSA) is 88.0 Å². The van der Waals surface area contributed by atoms with E-state index in [0.717, 1.165) is 16.9 Å². The summed E-state index contributed by atoms with van der Waals surface area (Å²) in [5.74, 6) is 0. The number of hydrogen-bond donors (Lipinski definition) is 2. The monoisotopic (exact) mass is 261 g/mol. The molecule has 2 heterocycles. The van der Waals surface area contributed by atoms with Gasteiger partial charge in [0.05, 0.1) is 0 Å². The van der Waals surface area contributed by atoms with E-state index in [9.17, 15) is 14.8 Å². The lowest BCUT2D eigenvalue weighted by atomic mass is 10.2. The molecule has 0 bridgehead atoms. The average molecular weight is 261 g/mol. The average Bonchev–Trinajstić information content (AvgIpc) is 2.81. The van der Waals surface area contributed by atoms with Crippen molar-refractivity contribution >= 4 is 21.7 Å². The van der Waals surface area contributed by atoms with Gasteiger partial charge in [0.15, 0.2) is 5.65 Å². The standard InChI is InChI=1S/C11H7N3O3S/c15-10-7-8(13-11(16)14(10)17)12-9(18-7)6-4-2-1-3-5-6/h1-5,17H,(H,13,16). The first-order valence-electron chi connectivity index (χ1n) is 5.07. The van der Waals surface area contributed by atoms with E-state index in [1.807, 2.05) is 30.3 Å². The molecule has 0 fully saturated rings. The number of fused-ring (bicyclic) bond motifs is 1. The summed E-state index contributed by atoms with van der Waals surface area (Å²) in [5, 5.41) is 9.84. The predicted molar refractivity (Wildman–Crippen MR) is 67.1 cm³/mol. The largest absolute Gasteiger partial charge is 0.421 e. The molecule has 7 heteroatoms. The van der Waals surface area contributed by atoms with Gasteiger partial charge >= 0.3 is 11.2 Å². The number of hydrogen-bond acceptors (Lipinski definition) is 5. The molecule has 2 aromatic heterocycles. The van der Waals surface area contributed by atoms with Crippen LogP contribution in [0.2, 0.25) is 0 Å². The first kappa shape index (κ1) is 10.7. The van der Waals surface area contributed by atoms with Crippen molar-refractivity contribution in [2.45, 2.75) is 0 Å². The first-order chi connectivity index (χ1) is 8.66. The molecular formula is C11H7N3O3S. The highest BCUT2D eigenvalue weighted by Gasteiger charge is 2.12. The molecular weight excluding hydrogens is 254 g/mol. The summed E-state index contributed by atoms with van der Waals surface area (Å²) in [6, 6.07) is 9.29. The fourth-order valence-electron chi connectivity index (χ4n) is 1.60. The maximum atomic E-state index is 11.7. The number of benzene rings is 1.